The number of pyridine rings is 1. The Kier molecular flexibility index (Phi) is 7.01. The molecule has 1 aliphatic heterocycles. The number of methoxy groups -OCH3 is 1. The van der Waals surface area contributed by atoms with Gasteiger partial charge in [-0.3, -0.25) is 9.78 Å². The Morgan fingerprint density at radius 1 is 1.19 bits per heavy atom. The van der Waals surface area contributed by atoms with Gasteiger partial charge in [0.1, 0.15) is 11.6 Å². The molecule has 3 aromatic rings. The van der Waals surface area contributed by atoms with Crippen molar-refractivity contribution in [3.8, 4) is 11.3 Å². The molecule has 1 saturated heterocycles. The number of halogens is 1. The van der Waals surface area contributed by atoms with Crippen molar-refractivity contribution >= 4 is 17.4 Å². The molecular formula is C24H26FN5O2. The van der Waals surface area contributed by atoms with Crippen molar-refractivity contribution < 1.29 is 13.9 Å². The molecule has 0 bridgehead atoms. The normalized spacial score (nSPS) is 16.1. The number of nitrogens with one attached hydrogen (secondary N) is 1. The van der Waals surface area contributed by atoms with Crippen LogP contribution in [-0.2, 0) is 9.53 Å². The number of rotatable bonds is 7. The van der Waals surface area contributed by atoms with Crippen LogP contribution < -0.4 is 5.32 Å². The summed E-state index contributed by atoms with van der Waals surface area (Å²) >= 11 is 0. The second kappa shape index (κ2) is 10.3. The molecule has 0 saturated carbocycles. The fourth-order valence-corrected chi connectivity index (χ4v) is 3.90. The van der Waals surface area contributed by atoms with Crippen molar-refractivity contribution in [1.29, 1.82) is 0 Å². The minimum Gasteiger partial charge on any atom is -0.384 e. The van der Waals surface area contributed by atoms with Crippen LogP contribution >= 0.6 is 0 Å². The maximum atomic E-state index is 13.7. The maximum absolute atomic E-state index is 13.7. The Morgan fingerprint density at radius 3 is 2.81 bits per heavy atom. The zero-order chi connectivity index (χ0) is 22.3. The topological polar surface area (TPSA) is 80.2 Å². The highest BCUT2D eigenvalue weighted by Gasteiger charge is 2.30. The van der Waals surface area contributed by atoms with E-state index in [2.05, 4.69) is 10.3 Å². The fourth-order valence-electron chi connectivity index (χ4n) is 3.90. The lowest BCUT2D eigenvalue weighted by Crippen LogP contribution is -2.39. The monoisotopic (exact) mass is 435 g/mol. The Balaban J connectivity index is 1.71. The summed E-state index contributed by atoms with van der Waals surface area (Å²) in [7, 11) is 1.59. The molecule has 1 fully saturated rings. The van der Waals surface area contributed by atoms with Gasteiger partial charge in [0, 0.05) is 43.4 Å². The molecule has 0 aliphatic carbocycles. The molecule has 32 heavy (non-hydrogen) atoms. The third kappa shape index (κ3) is 5.26. The molecule has 3 heterocycles. The van der Waals surface area contributed by atoms with E-state index in [0.717, 1.165) is 24.8 Å². The number of hydrogen-bond acceptors (Lipinski definition) is 6. The van der Waals surface area contributed by atoms with Crippen molar-refractivity contribution in [2.24, 2.45) is 0 Å². The minimum atomic E-state index is -0.333. The van der Waals surface area contributed by atoms with E-state index in [0.29, 0.717) is 42.6 Å². The van der Waals surface area contributed by atoms with Crippen LogP contribution in [0.3, 0.4) is 0 Å². The second-order valence-electron chi connectivity index (χ2n) is 7.71. The third-order valence-corrected chi connectivity index (χ3v) is 5.46. The SMILES string of the molecule is COCCC(=O)N1CCCCC1c1nc(Nc2cccc(F)c2)cc(-c2ccncc2)n1. The number of aromatic nitrogens is 3. The molecule has 7 nitrogen and oxygen atoms in total. The van der Waals surface area contributed by atoms with Crippen LogP contribution in [0.25, 0.3) is 11.3 Å². The number of anilines is 2. The van der Waals surface area contributed by atoms with Crippen LogP contribution in [0.4, 0.5) is 15.9 Å². The highest BCUT2D eigenvalue weighted by molar-refractivity contribution is 5.77. The average Bonchev–Trinajstić information content (AvgIpc) is 2.83. The summed E-state index contributed by atoms with van der Waals surface area (Å²) in [5.41, 5.74) is 2.19. The van der Waals surface area contributed by atoms with Gasteiger partial charge in [0.2, 0.25) is 5.91 Å². The third-order valence-electron chi connectivity index (χ3n) is 5.46. The number of carbonyl (C=O) groups excluding carboxylic acids is 1. The Bertz CT molecular complexity index is 1060. The van der Waals surface area contributed by atoms with Gasteiger partial charge in [0.15, 0.2) is 5.82 Å². The average molecular weight is 436 g/mol. The van der Waals surface area contributed by atoms with Gasteiger partial charge in [-0.2, -0.15) is 0 Å². The predicted octanol–water partition coefficient (Wildman–Crippen LogP) is 4.51. The summed E-state index contributed by atoms with van der Waals surface area (Å²) in [6.07, 6.45) is 6.47. The first-order chi connectivity index (χ1) is 15.6. The lowest BCUT2D eigenvalue weighted by Gasteiger charge is -2.35. The van der Waals surface area contributed by atoms with Crippen molar-refractivity contribution in [2.45, 2.75) is 31.7 Å². The number of hydrogen-bond donors (Lipinski definition) is 1. The Morgan fingerprint density at radius 2 is 2.03 bits per heavy atom. The number of nitrogens with zero attached hydrogens (tertiary/aromatic N) is 4. The first-order valence-corrected chi connectivity index (χ1v) is 10.7. The number of likely N-dealkylation sites (tertiary alicyclic amines) is 1. The molecule has 2 aromatic heterocycles. The lowest BCUT2D eigenvalue weighted by molar-refractivity contribution is -0.136. The molecule has 0 radical (unpaired) electrons. The van der Waals surface area contributed by atoms with Gasteiger partial charge in [-0.25, -0.2) is 14.4 Å². The van der Waals surface area contributed by atoms with Gasteiger partial charge in [0.05, 0.1) is 24.8 Å². The van der Waals surface area contributed by atoms with E-state index in [1.807, 2.05) is 23.1 Å². The lowest BCUT2D eigenvalue weighted by atomic mass is 10.0. The van der Waals surface area contributed by atoms with Crippen LogP contribution in [0.2, 0.25) is 0 Å². The van der Waals surface area contributed by atoms with Gasteiger partial charge in [-0.05, 0) is 49.6 Å². The summed E-state index contributed by atoms with van der Waals surface area (Å²) in [5.74, 6) is 0.820. The smallest absolute Gasteiger partial charge is 0.225 e. The van der Waals surface area contributed by atoms with E-state index in [1.54, 1.807) is 31.6 Å². The van der Waals surface area contributed by atoms with Gasteiger partial charge in [-0.15, -0.1) is 0 Å². The van der Waals surface area contributed by atoms with E-state index in [9.17, 15) is 9.18 Å². The number of piperidine rings is 1. The molecule has 1 amide bonds. The predicted molar refractivity (Wildman–Crippen MR) is 120 cm³/mol. The quantitative estimate of drug-likeness (QED) is 0.588. The molecule has 1 aliphatic rings. The molecule has 166 valence electrons. The highest BCUT2D eigenvalue weighted by Crippen LogP contribution is 2.32. The molecule has 0 spiro atoms. The zero-order valence-electron chi connectivity index (χ0n) is 18.0. The van der Waals surface area contributed by atoms with E-state index < -0.39 is 0 Å². The molecular weight excluding hydrogens is 409 g/mol. The van der Waals surface area contributed by atoms with Gasteiger partial charge >= 0.3 is 0 Å². The summed E-state index contributed by atoms with van der Waals surface area (Å²) < 4.78 is 18.8. The molecule has 1 aromatic carbocycles. The molecule has 8 heteroatoms. The van der Waals surface area contributed by atoms with Crippen molar-refractivity contribution in [3.63, 3.8) is 0 Å². The van der Waals surface area contributed by atoms with Crippen molar-refractivity contribution in [3.05, 3.63) is 66.5 Å². The largest absolute Gasteiger partial charge is 0.384 e. The van der Waals surface area contributed by atoms with Crippen LogP contribution in [0.1, 0.15) is 37.5 Å². The minimum absolute atomic E-state index is 0.0362. The fraction of sp³-hybridized carbons (Fsp3) is 0.333. The van der Waals surface area contributed by atoms with Crippen LogP contribution in [0.5, 0.6) is 0 Å². The van der Waals surface area contributed by atoms with Gasteiger partial charge in [-0.1, -0.05) is 6.07 Å². The van der Waals surface area contributed by atoms with E-state index in [1.165, 1.54) is 12.1 Å². The van der Waals surface area contributed by atoms with Gasteiger partial charge < -0.3 is 15.0 Å². The number of carbonyl (C=O) groups is 1. The second-order valence-corrected chi connectivity index (χ2v) is 7.71. The molecule has 1 atom stereocenters. The van der Waals surface area contributed by atoms with E-state index in [4.69, 9.17) is 14.7 Å². The van der Waals surface area contributed by atoms with Crippen molar-refractivity contribution in [2.75, 3.05) is 25.6 Å². The Hall–Kier alpha value is -3.39. The molecule has 1 N–H and O–H groups in total. The van der Waals surface area contributed by atoms with Crippen LogP contribution in [-0.4, -0.2) is 46.0 Å². The van der Waals surface area contributed by atoms with E-state index >= 15 is 0 Å². The highest BCUT2D eigenvalue weighted by atomic mass is 19.1. The summed E-state index contributed by atoms with van der Waals surface area (Å²) in [5, 5.41) is 3.18. The summed E-state index contributed by atoms with van der Waals surface area (Å²) in [4.78, 5) is 28.3. The van der Waals surface area contributed by atoms with Crippen LogP contribution in [0.15, 0.2) is 54.9 Å². The molecule has 4 rings (SSSR count). The zero-order valence-corrected chi connectivity index (χ0v) is 18.0. The summed E-state index contributed by atoms with van der Waals surface area (Å²) in [6, 6.07) is 11.6. The van der Waals surface area contributed by atoms with E-state index in [-0.39, 0.29) is 17.8 Å². The van der Waals surface area contributed by atoms with Crippen molar-refractivity contribution in [1.82, 2.24) is 19.9 Å². The maximum Gasteiger partial charge on any atom is 0.225 e. The summed E-state index contributed by atoms with van der Waals surface area (Å²) in [6.45, 7) is 1.05. The number of ether oxygens (including phenoxy) is 1. The first-order valence-electron chi connectivity index (χ1n) is 10.7. The van der Waals surface area contributed by atoms with Crippen LogP contribution in [0, 0.1) is 5.82 Å². The molecule has 1 unspecified atom stereocenters. The number of amides is 1. The van der Waals surface area contributed by atoms with Gasteiger partial charge in [0.25, 0.3) is 0 Å². The Labute approximate surface area is 186 Å². The first kappa shape index (κ1) is 21.8. The standard InChI is InChI=1S/C24H26FN5O2/c1-32-14-10-23(31)30-13-3-2-7-21(30)24-28-20(17-8-11-26-12-9-17)16-22(29-24)27-19-6-4-5-18(25)15-19/h4-6,8-9,11-12,15-16,21H,2-3,7,10,13-14H2,1H3,(H,27,28,29). The number of benzene rings is 1.